The van der Waals surface area contributed by atoms with Crippen molar-refractivity contribution in [3.63, 3.8) is 0 Å². The van der Waals surface area contributed by atoms with E-state index in [0.29, 0.717) is 0 Å². The minimum absolute atomic E-state index is 0.0598. The zero-order valence-corrected chi connectivity index (χ0v) is 9.92. The Bertz CT molecular complexity index is 345. The molecule has 94 valence electrons. The highest BCUT2D eigenvalue weighted by atomic mass is 16.6. The van der Waals surface area contributed by atoms with E-state index in [-0.39, 0.29) is 23.4 Å². The third-order valence-electron chi connectivity index (χ3n) is 4.18. The monoisotopic (exact) mass is 237 g/mol. The lowest BCUT2D eigenvalue weighted by atomic mass is 9.67. The minimum atomic E-state index is -1.08. The quantitative estimate of drug-likeness (QED) is 0.605. The molecule has 0 saturated heterocycles. The first-order chi connectivity index (χ1) is 8.21. The van der Waals surface area contributed by atoms with E-state index >= 15 is 0 Å². The normalized spacial score (nSPS) is 33.8. The Kier molecular flexibility index (Phi) is 3.62. The highest BCUT2D eigenvalue weighted by Crippen LogP contribution is 2.42. The molecule has 0 aromatic carbocycles. The molecule has 2 aliphatic rings. The van der Waals surface area contributed by atoms with Gasteiger partial charge in [-0.2, -0.15) is 0 Å². The Labute approximate surface area is 101 Å². The van der Waals surface area contributed by atoms with E-state index in [0.717, 1.165) is 25.7 Å². The van der Waals surface area contributed by atoms with Crippen LogP contribution in [0.4, 0.5) is 0 Å². The molecule has 2 aliphatic carbocycles. The van der Waals surface area contributed by atoms with Gasteiger partial charge in [0.05, 0.1) is 12.5 Å². The van der Waals surface area contributed by atoms with Crippen LogP contribution in [0.5, 0.6) is 0 Å². The molecule has 0 aromatic heterocycles. The number of rotatable bonds is 3. The van der Waals surface area contributed by atoms with E-state index in [1.54, 1.807) is 24.3 Å². The van der Waals surface area contributed by atoms with Crippen LogP contribution < -0.4 is 0 Å². The number of hydrogen-bond acceptors (Lipinski definition) is 3. The van der Waals surface area contributed by atoms with Crippen molar-refractivity contribution in [3.05, 3.63) is 34.4 Å². The van der Waals surface area contributed by atoms with Crippen LogP contribution in [0, 0.1) is 22.0 Å². The molecule has 0 spiro atoms. The summed E-state index contributed by atoms with van der Waals surface area (Å²) in [7, 11) is 0. The highest BCUT2D eigenvalue weighted by Gasteiger charge is 2.53. The van der Waals surface area contributed by atoms with E-state index in [1.165, 1.54) is 6.42 Å². The van der Waals surface area contributed by atoms with Gasteiger partial charge in [-0.3, -0.25) is 10.1 Å². The smallest absolute Gasteiger partial charge is 0.251 e. The number of aliphatic hydroxyl groups is 1. The van der Waals surface area contributed by atoms with Gasteiger partial charge in [0.25, 0.3) is 5.54 Å². The van der Waals surface area contributed by atoms with Crippen molar-refractivity contribution in [2.75, 3.05) is 6.61 Å². The second-order valence-electron chi connectivity index (χ2n) is 5.01. The summed E-state index contributed by atoms with van der Waals surface area (Å²) in [6.07, 6.45) is 12.1. The molecule has 1 N–H and O–H groups in total. The summed E-state index contributed by atoms with van der Waals surface area (Å²) >= 11 is 0. The molecule has 4 heteroatoms. The van der Waals surface area contributed by atoms with Crippen molar-refractivity contribution in [2.45, 2.75) is 37.6 Å². The number of nitrogens with zero attached hydrogens (tertiary/aromatic N) is 1. The van der Waals surface area contributed by atoms with E-state index in [1.807, 2.05) is 0 Å². The molecule has 2 atom stereocenters. The van der Waals surface area contributed by atoms with Gasteiger partial charge in [-0.25, -0.2) is 0 Å². The average Bonchev–Trinajstić information content (AvgIpc) is 2.39. The lowest BCUT2D eigenvalue weighted by Crippen LogP contribution is -2.52. The molecule has 2 rings (SSSR count). The molecule has 17 heavy (non-hydrogen) atoms. The molecule has 1 fully saturated rings. The van der Waals surface area contributed by atoms with E-state index in [2.05, 4.69) is 0 Å². The van der Waals surface area contributed by atoms with Crippen molar-refractivity contribution < 1.29 is 10.0 Å². The lowest BCUT2D eigenvalue weighted by Gasteiger charge is -2.38. The molecule has 0 aromatic rings. The Morgan fingerprint density at radius 1 is 1.29 bits per heavy atom. The molecule has 1 saturated carbocycles. The molecule has 0 bridgehead atoms. The summed E-state index contributed by atoms with van der Waals surface area (Å²) in [6, 6.07) is 0. The van der Waals surface area contributed by atoms with Gasteiger partial charge in [-0.1, -0.05) is 37.5 Å². The van der Waals surface area contributed by atoms with Crippen LogP contribution >= 0.6 is 0 Å². The van der Waals surface area contributed by atoms with Crippen molar-refractivity contribution in [1.82, 2.24) is 0 Å². The highest BCUT2D eigenvalue weighted by molar-refractivity contribution is 5.23. The molecule has 2 unspecified atom stereocenters. The number of allylic oxidation sites excluding steroid dienone is 2. The van der Waals surface area contributed by atoms with Crippen molar-refractivity contribution >= 4 is 0 Å². The van der Waals surface area contributed by atoms with Crippen molar-refractivity contribution in [1.29, 1.82) is 0 Å². The first-order valence-corrected chi connectivity index (χ1v) is 6.33. The standard InChI is InChI=1S/C13H19NO3/c15-10-12-8-4-5-9-13(12,14(16)17)11-6-2-1-3-7-11/h4-5,8-9,11-12,15H,1-3,6-7,10H2. The molecule has 0 radical (unpaired) electrons. The summed E-state index contributed by atoms with van der Waals surface area (Å²) in [4.78, 5) is 11.4. The fraction of sp³-hybridized carbons (Fsp3) is 0.692. The lowest BCUT2D eigenvalue weighted by molar-refractivity contribution is -0.576. The first kappa shape index (κ1) is 12.3. The second-order valence-corrected chi connectivity index (χ2v) is 5.01. The topological polar surface area (TPSA) is 63.4 Å². The van der Waals surface area contributed by atoms with Crippen LogP contribution in [0.3, 0.4) is 0 Å². The van der Waals surface area contributed by atoms with E-state index < -0.39 is 5.54 Å². The minimum Gasteiger partial charge on any atom is -0.395 e. The van der Waals surface area contributed by atoms with Crippen LogP contribution in [0.2, 0.25) is 0 Å². The zero-order valence-electron chi connectivity index (χ0n) is 9.92. The van der Waals surface area contributed by atoms with E-state index in [4.69, 9.17) is 0 Å². The molecular weight excluding hydrogens is 218 g/mol. The summed E-state index contributed by atoms with van der Waals surface area (Å²) in [6.45, 7) is -0.154. The molecule has 4 nitrogen and oxygen atoms in total. The van der Waals surface area contributed by atoms with Gasteiger partial charge < -0.3 is 5.11 Å². The number of hydrogen-bond donors (Lipinski definition) is 1. The molecule has 0 heterocycles. The molecular formula is C13H19NO3. The molecule has 0 aliphatic heterocycles. The third kappa shape index (κ3) is 2.02. The van der Waals surface area contributed by atoms with Gasteiger partial charge in [0, 0.05) is 10.8 Å². The maximum Gasteiger partial charge on any atom is 0.251 e. The third-order valence-corrected chi connectivity index (χ3v) is 4.18. The Morgan fingerprint density at radius 2 is 2.00 bits per heavy atom. The maximum atomic E-state index is 11.6. The van der Waals surface area contributed by atoms with Gasteiger partial charge >= 0.3 is 0 Å². The summed E-state index contributed by atoms with van der Waals surface area (Å²) < 4.78 is 0. The predicted molar refractivity (Wildman–Crippen MR) is 65.2 cm³/mol. The number of nitro groups is 1. The van der Waals surface area contributed by atoms with Crippen molar-refractivity contribution in [3.8, 4) is 0 Å². The van der Waals surface area contributed by atoms with Crippen LogP contribution in [0.15, 0.2) is 24.3 Å². The summed E-state index contributed by atoms with van der Waals surface area (Å²) in [5.74, 6) is -0.324. The first-order valence-electron chi connectivity index (χ1n) is 6.33. The second kappa shape index (κ2) is 5.00. The fourth-order valence-corrected chi connectivity index (χ4v) is 3.24. The van der Waals surface area contributed by atoms with Gasteiger partial charge in [0.1, 0.15) is 0 Å². The summed E-state index contributed by atoms with van der Waals surface area (Å²) in [5.41, 5.74) is -1.08. The number of aliphatic hydroxyl groups excluding tert-OH is 1. The zero-order chi connectivity index (χ0) is 12.3. The van der Waals surface area contributed by atoms with E-state index in [9.17, 15) is 15.2 Å². The fourth-order valence-electron chi connectivity index (χ4n) is 3.24. The van der Waals surface area contributed by atoms with Gasteiger partial charge in [0.2, 0.25) is 0 Å². The predicted octanol–water partition coefficient (Wildman–Crippen LogP) is 2.32. The SMILES string of the molecule is O=[N+]([O-])C1(C2CCCCC2)C=CC=CC1CO. The Morgan fingerprint density at radius 3 is 2.59 bits per heavy atom. The molecule has 0 amide bonds. The van der Waals surface area contributed by atoms with Crippen LogP contribution in [-0.4, -0.2) is 22.2 Å². The Balaban J connectivity index is 2.33. The van der Waals surface area contributed by atoms with Gasteiger partial charge in [-0.15, -0.1) is 0 Å². The largest absolute Gasteiger partial charge is 0.395 e. The van der Waals surface area contributed by atoms with Gasteiger partial charge in [-0.05, 0) is 18.9 Å². The van der Waals surface area contributed by atoms with Crippen LogP contribution in [0.25, 0.3) is 0 Å². The van der Waals surface area contributed by atoms with Gasteiger partial charge in [0.15, 0.2) is 0 Å². The maximum absolute atomic E-state index is 11.6. The van der Waals surface area contributed by atoms with Crippen LogP contribution in [-0.2, 0) is 0 Å². The summed E-state index contributed by atoms with van der Waals surface area (Å²) in [5, 5.41) is 21.0. The Hall–Kier alpha value is -1.16. The average molecular weight is 237 g/mol. The van der Waals surface area contributed by atoms with Crippen molar-refractivity contribution in [2.24, 2.45) is 11.8 Å². The van der Waals surface area contributed by atoms with Crippen LogP contribution in [0.1, 0.15) is 32.1 Å².